The minimum atomic E-state index is -0.485. The van der Waals surface area contributed by atoms with Gasteiger partial charge in [-0.15, -0.1) is 0 Å². The molecule has 1 heterocycles. The molecule has 2 aromatic rings. The number of nitro groups is 1. The highest BCUT2D eigenvalue weighted by Crippen LogP contribution is 2.34. The molecule has 0 radical (unpaired) electrons. The highest BCUT2D eigenvalue weighted by atomic mass is 35.5. The molecule has 0 saturated heterocycles. The fraction of sp³-hybridized carbons (Fsp3) is 0.231. The molecule has 0 atom stereocenters. The lowest BCUT2D eigenvalue weighted by Crippen LogP contribution is -2.06. The third kappa shape index (κ3) is 2.70. The van der Waals surface area contributed by atoms with Crippen LogP contribution in [0.3, 0.4) is 0 Å². The van der Waals surface area contributed by atoms with E-state index in [1.54, 1.807) is 18.2 Å². The third-order valence-corrected chi connectivity index (χ3v) is 3.20. The van der Waals surface area contributed by atoms with E-state index >= 15 is 0 Å². The van der Waals surface area contributed by atoms with Crippen molar-refractivity contribution in [2.45, 2.75) is 13.8 Å². The Morgan fingerprint density at radius 1 is 1.40 bits per heavy atom. The second-order valence-corrected chi connectivity index (χ2v) is 4.58. The summed E-state index contributed by atoms with van der Waals surface area (Å²) in [4.78, 5) is 18.8. The summed E-state index contributed by atoms with van der Waals surface area (Å²) in [6, 6.07) is 5.23. The molecular weight excluding hydrogens is 280 g/mol. The first-order valence-corrected chi connectivity index (χ1v) is 6.42. The second-order valence-electron chi connectivity index (χ2n) is 4.17. The number of benzene rings is 1. The van der Waals surface area contributed by atoms with Crippen molar-refractivity contribution in [1.29, 1.82) is 0 Å². The van der Waals surface area contributed by atoms with Crippen LogP contribution < -0.4 is 5.32 Å². The Kier molecular flexibility index (Phi) is 4.14. The van der Waals surface area contributed by atoms with Crippen LogP contribution in [0.2, 0.25) is 5.02 Å². The Balaban J connectivity index is 2.63. The Morgan fingerprint density at radius 2 is 2.15 bits per heavy atom. The minimum Gasteiger partial charge on any atom is -0.365 e. The number of nitrogens with zero attached hydrogens (tertiary/aromatic N) is 3. The molecular formula is C13H13ClN4O2. The van der Waals surface area contributed by atoms with Gasteiger partial charge in [-0.05, 0) is 25.5 Å². The normalized spacial score (nSPS) is 10.3. The van der Waals surface area contributed by atoms with Gasteiger partial charge in [0.05, 0.1) is 4.92 Å². The van der Waals surface area contributed by atoms with Gasteiger partial charge in [0.2, 0.25) is 5.82 Å². The van der Waals surface area contributed by atoms with Crippen molar-refractivity contribution >= 4 is 23.1 Å². The molecule has 7 heteroatoms. The van der Waals surface area contributed by atoms with E-state index in [0.29, 0.717) is 17.1 Å². The molecule has 0 aliphatic carbocycles. The molecule has 0 bridgehead atoms. The number of aryl methyl sites for hydroxylation is 1. The smallest absolute Gasteiger partial charge is 0.337 e. The standard InChI is InChI=1S/C13H13ClN4O2/c1-3-15-13-12(18(19)20)11(16-7-17-13)9-5-4-8(2)10(14)6-9/h4-7H,3H2,1-2H3,(H,15,16,17). The van der Waals surface area contributed by atoms with Gasteiger partial charge in [-0.25, -0.2) is 9.97 Å². The predicted molar refractivity (Wildman–Crippen MR) is 78.0 cm³/mol. The van der Waals surface area contributed by atoms with Crippen LogP contribution in [0.4, 0.5) is 11.5 Å². The first kappa shape index (κ1) is 14.2. The van der Waals surface area contributed by atoms with Crippen LogP contribution in [0.1, 0.15) is 12.5 Å². The van der Waals surface area contributed by atoms with Crippen LogP contribution in [0.25, 0.3) is 11.3 Å². The van der Waals surface area contributed by atoms with E-state index in [-0.39, 0.29) is 17.2 Å². The average Bonchev–Trinajstić information content (AvgIpc) is 2.42. The lowest BCUT2D eigenvalue weighted by Gasteiger charge is -2.08. The van der Waals surface area contributed by atoms with Crippen molar-refractivity contribution in [2.24, 2.45) is 0 Å². The largest absolute Gasteiger partial charge is 0.365 e. The molecule has 104 valence electrons. The molecule has 1 aromatic carbocycles. The fourth-order valence-corrected chi connectivity index (χ4v) is 1.98. The van der Waals surface area contributed by atoms with E-state index in [4.69, 9.17) is 11.6 Å². The molecule has 20 heavy (non-hydrogen) atoms. The summed E-state index contributed by atoms with van der Waals surface area (Å²) in [6.45, 7) is 4.24. The quantitative estimate of drug-likeness (QED) is 0.689. The fourth-order valence-electron chi connectivity index (χ4n) is 1.80. The van der Waals surface area contributed by atoms with E-state index in [2.05, 4.69) is 15.3 Å². The maximum atomic E-state index is 11.3. The summed E-state index contributed by atoms with van der Waals surface area (Å²) in [7, 11) is 0. The van der Waals surface area contributed by atoms with Crippen molar-refractivity contribution < 1.29 is 4.92 Å². The first-order chi connectivity index (χ1) is 9.54. The highest BCUT2D eigenvalue weighted by molar-refractivity contribution is 6.31. The van der Waals surface area contributed by atoms with Gasteiger partial charge in [0.1, 0.15) is 6.33 Å². The second kappa shape index (κ2) is 5.83. The number of anilines is 1. The molecule has 1 aromatic heterocycles. The Bertz CT molecular complexity index is 661. The summed E-state index contributed by atoms with van der Waals surface area (Å²) in [5, 5.41) is 14.7. The van der Waals surface area contributed by atoms with Crippen LogP contribution >= 0.6 is 11.6 Å². The number of hydrogen-bond donors (Lipinski definition) is 1. The van der Waals surface area contributed by atoms with E-state index in [0.717, 1.165) is 5.56 Å². The van der Waals surface area contributed by atoms with Crippen LogP contribution in [-0.4, -0.2) is 21.4 Å². The molecule has 0 aliphatic rings. The zero-order valence-corrected chi connectivity index (χ0v) is 11.8. The molecule has 2 rings (SSSR count). The lowest BCUT2D eigenvalue weighted by molar-refractivity contribution is -0.383. The van der Waals surface area contributed by atoms with Crippen molar-refractivity contribution in [3.8, 4) is 11.3 Å². The van der Waals surface area contributed by atoms with Crippen molar-refractivity contribution in [3.05, 3.63) is 45.2 Å². The maximum absolute atomic E-state index is 11.3. The van der Waals surface area contributed by atoms with Crippen molar-refractivity contribution in [2.75, 3.05) is 11.9 Å². The van der Waals surface area contributed by atoms with Gasteiger partial charge in [0, 0.05) is 17.1 Å². The van der Waals surface area contributed by atoms with E-state index in [9.17, 15) is 10.1 Å². The zero-order chi connectivity index (χ0) is 14.7. The predicted octanol–water partition coefficient (Wildman–Crippen LogP) is 3.45. The highest BCUT2D eigenvalue weighted by Gasteiger charge is 2.23. The third-order valence-electron chi connectivity index (χ3n) is 2.79. The molecule has 0 spiro atoms. The van der Waals surface area contributed by atoms with Gasteiger partial charge < -0.3 is 5.32 Å². The van der Waals surface area contributed by atoms with Crippen LogP contribution in [0.5, 0.6) is 0 Å². The summed E-state index contributed by atoms with van der Waals surface area (Å²) in [5.74, 6) is 0.208. The number of halogens is 1. The number of hydrogen-bond acceptors (Lipinski definition) is 5. The SMILES string of the molecule is CCNc1ncnc(-c2ccc(C)c(Cl)c2)c1[N+](=O)[O-]. The number of rotatable bonds is 4. The number of nitrogens with one attached hydrogen (secondary N) is 1. The Morgan fingerprint density at radius 3 is 2.75 bits per heavy atom. The Hall–Kier alpha value is -2.21. The number of aromatic nitrogens is 2. The van der Waals surface area contributed by atoms with Crippen LogP contribution in [0.15, 0.2) is 24.5 Å². The Labute approximate surface area is 121 Å². The van der Waals surface area contributed by atoms with Crippen LogP contribution in [0, 0.1) is 17.0 Å². The molecule has 0 unspecified atom stereocenters. The van der Waals surface area contributed by atoms with Crippen molar-refractivity contribution in [1.82, 2.24) is 9.97 Å². The van der Waals surface area contributed by atoms with Gasteiger partial charge in [0.25, 0.3) is 0 Å². The first-order valence-electron chi connectivity index (χ1n) is 6.04. The summed E-state index contributed by atoms with van der Waals surface area (Å²) >= 11 is 6.07. The monoisotopic (exact) mass is 292 g/mol. The van der Waals surface area contributed by atoms with Crippen molar-refractivity contribution in [3.63, 3.8) is 0 Å². The van der Waals surface area contributed by atoms with Gasteiger partial charge in [-0.3, -0.25) is 10.1 Å². The summed E-state index contributed by atoms with van der Waals surface area (Å²) in [5.41, 5.74) is 1.60. The molecule has 6 nitrogen and oxygen atoms in total. The summed E-state index contributed by atoms with van der Waals surface area (Å²) in [6.07, 6.45) is 1.30. The lowest BCUT2D eigenvalue weighted by atomic mass is 10.1. The maximum Gasteiger partial charge on any atom is 0.337 e. The van der Waals surface area contributed by atoms with Crippen LogP contribution in [-0.2, 0) is 0 Å². The van der Waals surface area contributed by atoms with E-state index in [1.165, 1.54) is 6.33 Å². The van der Waals surface area contributed by atoms with E-state index in [1.807, 2.05) is 13.8 Å². The topological polar surface area (TPSA) is 81.0 Å². The molecule has 0 aliphatic heterocycles. The zero-order valence-electron chi connectivity index (χ0n) is 11.1. The van der Waals surface area contributed by atoms with Gasteiger partial charge in [-0.1, -0.05) is 23.7 Å². The molecule has 0 fully saturated rings. The average molecular weight is 293 g/mol. The van der Waals surface area contributed by atoms with Gasteiger partial charge in [0.15, 0.2) is 5.69 Å². The molecule has 0 amide bonds. The van der Waals surface area contributed by atoms with Gasteiger partial charge in [-0.2, -0.15) is 0 Å². The van der Waals surface area contributed by atoms with E-state index < -0.39 is 4.92 Å². The molecule has 0 saturated carbocycles. The molecule has 1 N–H and O–H groups in total. The minimum absolute atomic E-state index is 0.144. The summed E-state index contributed by atoms with van der Waals surface area (Å²) < 4.78 is 0. The van der Waals surface area contributed by atoms with Gasteiger partial charge >= 0.3 is 5.69 Å².